The number of hydrogen-bond acceptors (Lipinski definition) is 4. The van der Waals surface area contributed by atoms with Crippen LogP contribution in [-0.2, 0) is 19.1 Å². The van der Waals surface area contributed by atoms with E-state index < -0.39 is 35.3 Å². The van der Waals surface area contributed by atoms with Crippen molar-refractivity contribution in [1.29, 1.82) is 0 Å². The monoisotopic (exact) mass is 354 g/mol. The predicted octanol–water partition coefficient (Wildman–Crippen LogP) is 2.24. The van der Waals surface area contributed by atoms with Gasteiger partial charge in [0, 0.05) is 13.0 Å². The zero-order valence-corrected chi connectivity index (χ0v) is 13.9. The fraction of sp³-hybridized carbons (Fsp3) is 0.471. The second-order valence-electron chi connectivity index (χ2n) is 5.84. The Bertz CT molecular complexity index is 646. The minimum Gasteiger partial charge on any atom is -0.451 e. The Morgan fingerprint density at radius 1 is 1.24 bits per heavy atom. The maximum atomic E-state index is 13.5. The van der Waals surface area contributed by atoms with Crippen molar-refractivity contribution in [2.75, 3.05) is 18.4 Å². The molecule has 1 N–H and O–H groups in total. The molecule has 0 bridgehead atoms. The molecular formula is C17H20F2N2O4. The van der Waals surface area contributed by atoms with Crippen molar-refractivity contribution >= 4 is 23.5 Å². The first kappa shape index (κ1) is 18.8. The lowest BCUT2D eigenvalue weighted by Crippen LogP contribution is -2.39. The Morgan fingerprint density at radius 3 is 2.60 bits per heavy atom. The first-order valence-corrected chi connectivity index (χ1v) is 8.10. The third-order valence-corrected chi connectivity index (χ3v) is 3.88. The zero-order valence-electron chi connectivity index (χ0n) is 13.9. The first-order chi connectivity index (χ1) is 11.9. The van der Waals surface area contributed by atoms with Crippen LogP contribution in [0.4, 0.5) is 14.5 Å². The number of nitrogens with zero attached hydrogens (tertiary/aromatic N) is 1. The smallest absolute Gasteiger partial charge is 0.326 e. The summed E-state index contributed by atoms with van der Waals surface area (Å²) in [6.45, 7) is 1.51. The van der Waals surface area contributed by atoms with Gasteiger partial charge in [-0.25, -0.2) is 8.78 Å². The SMILES string of the molecule is C[C@H](OC(=O)CN1CCCCCC1=O)C(=O)Nc1c(F)cccc1F. The predicted molar refractivity (Wildman–Crippen MR) is 85.6 cm³/mol. The third-order valence-electron chi connectivity index (χ3n) is 3.88. The third kappa shape index (κ3) is 5.23. The summed E-state index contributed by atoms with van der Waals surface area (Å²) in [5.41, 5.74) is -0.599. The zero-order chi connectivity index (χ0) is 18.4. The fourth-order valence-electron chi connectivity index (χ4n) is 2.49. The van der Waals surface area contributed by atoms with Crippen LogP contribution in [0, 0.1) is 11.6 Å². The minimum absolute atomic E-state index is 0.125. The molecule has 2 amide bonds. The molecule has 1 aliphatic rings. The number of anilines is 1. The molecule has 1 aromatic rings. The van der Waals surface area contributed by atoms with E-state index in [0.29, 0.717) is 13.0 Å². The Hall–Kier alpha value is -2.51. The van der Waals surface area contributed by atoms with Gasteiger partial charge in [0.05, 0.1) is 0 Å². The van der Waals surface area contributed by atoms with Crippen molar-refractivity contribution < 1.29 is 27.9 Å². The van der Waals surface area contributed by atoms with E-state index in [0.717, 1.165) is 31.4 Å². The molecule has 0 spiro atoms. The van der Waals surface area contributed by atoms with Gasteiger partial charge in [-0.15, -0.1) is 0 Å². The summed E-state index contributed by atoms with van der Waals surface area (Å²) >= 11 is 0. The number of halogens is 2. The Kier molecular flexibility index (Phi) is 6.44. The molecular weight excluding hydrogens is 334 g/mol. The van der Waals surface area contributed by atoms with Gasteiger partial charge in [-0.3, -0.25) is 14.4 Å². The number of carbonyl (C=O) groups excluding carboxylic acids is 3. The van der Waals surface area contributed by atoms with Gasteiger partial charge in [0.25, 0.3) is 5.91 Å². The number of para-hydroxylation sites is 1. The number of amides is 2. The van der Waals surface area contributed by atoms with Crippen molar-refractivity contribution in [3.63, 3.8) is 0 Å². The maximum Gasteiger partial charge on any atom is 0.326 e. The molecule has 1 aromatic carbocycles. The van der Waals surface area contributed by atoms with E-state index in [4.69, 9.17) is 4.74 Å². The van der Waals surface area contributed by atoms with E-state index in [9.17, 15) is 23.2 Å². The quantitative estimate of drug-likeness (QED) is 0.823. The van der Waals surface area contributed by atoms with Crippen LogP contribution in [0.2, 0.25) is 0 Å². The van der Waals surface area contributed by atoms with Crippen LogP contribution in [0.15, 0.2) is 18.2 Å². The number of nitrogens with one attached hydrogen (secondary N) is 1. The first-order valence-electron chi connectivity index (χ1n) is 8.10. The molecule has 8 heteroatoms. The van der Waals surface area contributed by atoms with Crippen LogP contribution in [0.3, 0.4) is 0 Å². The number of ether oxygens (including phenoxy) is 1. The highest BCUT2D eigenvalue weighted by Crippen LogP contribution is 2.18. The highest BCUT2D eigenvalue weighted by atomic mass is 19.1. The van der Waals surface area contributed by atoms with E-state index in [1.165, 1.54) is 17.9 Å². The normalized spacial score (nSPS) is 16.1. The lowest BCUT2D eigenvalue weighted by molar-refractivity contribution is -0.156. The van der Waals surface area contributed by atoms with Crippen LogP contribution in [0.5, 0.6) is 0 Å². The van der Waals surface area contributed by atoms with Gasteiger partial charge in [-0.1, -0.05) is 12.5 Å². The van der Waals surface area contributed by atoms with Crippen molar-refractivity contribution in [1.82, 2.24) is 4.90 Å². The van der Waals surface area contributed by atoms with Gasteiger partial charge in [0.1, 0.15) is 23.9 Å². The van der Waals surface area contributed by atoms with E-state index in [-0.39, 0.29) is 12.5 Å². The molecule has 1 aliphatic heterocycles. The lowest BCUT2D eigenvalue weighted by atomic mass is 10.2. The van der Waals surface area contributed by atoms with Gasteiger partial charge in [0.15, 0.2) is 6.10 Å². The highest BCUT2D eigenvalue weighted by Gasteiger charge is 2.24. The van der Waals surface area contributed by atoms with Crippen LogP contribution >= 0.6 is 0 Å². The van der Waals surface area contributed by atoms with Crippen molar-refractivity contribution in [3.8, 4) is 0 Å². The van der Waals surface area contributed by atoms with E-state index in [2.05, 4.69) is 5.32 Å². The Labute approximate surface area is 144 Å². The van der Waals surface area contributed by atoms with Crippen molar-refractivity contribution in [3.05, 3.63) is 29.8 Å². The number of benzene rings is 1. The highest BCUT2D eigenvalue weighted by molar-refractivity contribution is 5.95. The van der Waals surface area contributed by atoms with E-state index in [1.807, 2.05) is 0 Å². The summed E-state index contributed by atoms with van der Waals surface area (Å²) in [5.74, 6) is -3.59. The van der Waals surface area contributed by atoms with E-state index in [1.54, 1.807) is 0 Å². The summed E-state index contributed by atoms with van der Waals surface area (Å²) in [6.07, 6.45) is 1.65. The second-order valence-corrected chi connectivity index (χ2v) is 5.84. The van der Waals surface area contributed by atoms with Crippen molar-refractivity contribution in [2.45, 2.75) is 38.7 Å². The summed E-state index contributed by atoms with van der Waals surface area (Å²) in [6, 6.07) is 3.17. The van der Waals surface area contributed by atoms with Gasteiger partial charge in [-0.2, -0.15) is 0 Å². The molecule has 1 heterocycles. The minimum atomic E-state index is -1.26. The molecule has 0 unspecified atom stereocenters. The molecule has 0 radical (unpaired) electrons. The van der Waals surface area contributed by atoms with Crippen LogP contribution in [-0.4, -0.2) is 41.9 Å². The Morgan fingerprint density at radius 2 is 1.92 bits per heavy atom. The van der Waals surface area contributed by atoms with Crippen LogP contribution < -0.4 is 5.32 Å². The standard InChI is InChI=1S/C17H20F2N2O4/c1-11(17(24)20-16-12(18)6-5-7-13(16)19)25-15(23)10-21-9-4-2-3-8-14(21)22/h5-7,11H,2-4,8-10H2,1H3,(H,20,24)/t11-/m0/s1. The number of carbonyl (C=O) groups is 3. The second kappa shape index (κ2) is 8.55. The van der Waals surface area contributed by atoms with Crippen LogP contribution in [0.1, 0.15) is 32.6 Å². The number of likely N-dealkylation sites (tertiary alicyclic amines) is 1. The summed E-state index contributed by atoms with van der Waals surface area (Å²) < 4.78 is 32.0. The van der Waals surface area contributed by atoms with Gasteiger partial charge >= 0.3 is 5.97 Å². The molecule has 25 heavy (non-hydrogen) atoms. The van der Waals surface area contributed by atoms with Gasteiger partial charge in [0.2, 0.25) is 5.91 Å². The molecule has 2 rings (SSSR count). The van der Waals surface area contributed by atoms with Gasteiger partial charge < -0.3 is 15.0 Å². The summed E-state index contributed by atoms with van der Waals surface area (Å²) in [7, 11) is 0. The average Bonchev–Trinajstić information content (AvgIpc) is 2.75. The average molecular weight is 354 g/mol. The number of hydrogen-bond donors (Lipinski definition) is 1. The van der Waals surface area contributed by atoms with E-state index >= 15 is 0 Å². The molecule has 0 saturated carbocycles. The summed E-state index contributed by atoms with van der Waals surface area (Å²) in [5, 5.41) is 2.06. The number of rotatable bonds is 5. The molecule has 0 aromatic heterocycles. The lowest BCUT2D eigenvalue weighted by Gasteiger charge is -2.21. The Balaban J connectivity index is 1.89. The van der Waals surface area contributed by atoms with Crippen LogP contribution in [0.25, 0.3) is 0 Å². The molecule has 1 atom stereocenters. The number of esters is 1. The molecule has 1 fully saturated rings. The molecule has 136 valence electrons. The van der Waals surface area contributed by atoms with Gasteiger partial charge in [-0.05, 0) is 31.9 Å². The molecule has 6 nitrogen and oxygen atoms in total. The summed E-state index contributed by atoms with van der Waals surface area (Å²) in [4.78, 5) is 37.1. The fourth-order valence-corrected chi connectivity index (χ4v) is 2.49. The largest absolute Gasteiger partial charge is 0.451 e. The molecule has 1 saturated heterocycles. The maximum absolute atomic E-state index is 13.5. The topological polar surface area (TPSA) is 75.7 Å². The van der Waals surface area contributed by atoms with Crippen molar-refractivity contribution in [2.24, 2.45) is 0 Å². The molecule has 0 aliphatic carbocycles.